The van der Waals surface area contributed by atoms with Crippen LogP contribution in [0.25, 0.3) is 0 Å². The molecule has 3 heteroatoms. The topological polar surface area (TPSA) is 38.7 Å². The van der Waals surface area contributed by atoms with Crippen LogP contribution in [0.1, 0.15) is 24.2 Å². The maximum Gasteiger partial charge on any atom is 0.171 e. The summed E-state index contributed by atoms with van der Waals surface area (Å²) in [6, 6.07) is 5.76. The van der Waals surface area contributed by atoms with Gasteiger partial charge >= 0.3 is 0 Å². The highest BCUT2D eigenvalue weighted by molar-refractivity contribution is 5.39. The van der Waals surface area contributed by atoms with Gasteiger partial charge in [-0.2, -0.15) is 4.89 Å². The number of benzene rings is 1. The summed E-state index contributed by atoms with van der Waals surface area (Å²) in [5, 5.41) is 9.58. The van der Waals surface area contributed by atoms with Crippen LogP contribution in [0.15, 0.2) is 18.2 Å². The van der Waals surface area contributed by atoms with Crippen molar-refractivity contribution in [1.82, 2.24) is 0 Å². The van der Waals surface area contributed by atoms with Crippen molar-refractivity contribution < 1.29 is 14.9 Å². The van der Waals surface area contributed by atoms with Crippen molar-refractivity contribution in [2.45, 2.75) is 19.4 Å². The lowest BCUT2D eigenvalue weighted by atomic mass is 10.0. The molecule has 0 radical (unpaired) electrons. The third-order valence-electron chi connectivity index (χ3n) is 2.22. The number of hydrogen-bond acceptors (Lipinski definition) is 3. The number of fused-ring (bicyclic) bond motifs is 1. The Bertz CT molecular complexity index is 309. The maximum absolute atomic E-state index is 9.58. The second-order valence-electron chi connectivity index (χ2n) is 3.11. The molecule has 0 amide bonds. The molecule has 2 rings (SSSR count). The van der Waals surface area contributed by atoms with Crippen molar-refractivity contribution in [2.75, 3.05) is 6.61 Å². The van der Waals surface area contributed by atoms with Crippen molar-refractivity contribution in [3.8, 4) is 5.75 Å². The van der Waals surface area contributed by atoms with E-state index in [9.17, 15) is 5.11 Å². The smallest absolute Gasteiger partial charge is 0.171 e. The summed E-state index contributed by atoms with van der Waals surface area (Å²) in [6.07, 6.45) is 0.399. The number of rotatable bonds is 1. The minimum absolute atomic E-state index is 0.208. The van der Waals surface area contributed by atoms with E-state index in [1.807, 2.05) is 18.2 Å². The van der Waals surface area contributed by atoms with Crippen molar-refractivity contribution in [2.24, 2.45) is 0 Å². The molecule has 0 aromatic heterocycles. The highest BCUT2D eigenvalue weighted by Gasteiger charge is 2.20. The molecule has 1 aliphatic heterocycles. The molecule has 1 aromatic rings. The van der Waals surface area contributed by atoms with Gasteiger partial charge in [0.15, 0.2) is 5.75 Å². The minimum atomic E-state index is -0.560. The SMILES string of the molecule is CCc1ccc2c(c1)C(O)COO2. The second kappa shape index (κ2) is 3.36. The van der Waals surface area contributed by atoms with Crippen molar-refractivity contribution in [3.63, 3.8) is 0 Å². The third kappa shape index (κ3) is 1.53. The van der Waals surface area contributed by atoms with Crippen molar-refractivity contribution in [3.05, 3.63) is 29.3 Å². The lowest BCUT2D eigenvalue weighted by Gasteiger charge is -2.20. The van der Waals surface area contributed by atoms with Gasteiger partial charge in [-0.3, -0.25) is 0 Å². The molecule has 0 saturated heterocycles. The molecule has 1 aliphatic rings. The fraction of sp³-hybridized carbons (Fsp3) is 0.400. The van der Waals surface area contributed by atoms with Crippen LogP contribution < -0.4 is 4.89 Å². The summed E-state index contributed by atoms with van der Waals surface area (Å²) in [5.41, 5.74) is 2.02. The minimum Gasteiger partial charge on any atom is -0.386 e. The first-order valence-corrected chi connectivity index (χ1v) is 4.41. The van der Waals surface area contributed by atoms with Crippen LogP contribution in [0.3, 0.4) is 0 Å². The lowest BCUT2D eigenvalue weighted by molar-refractivity contribution is -0.238. The van der Waals surface area contributed by atoms with E-state index in [0.29, 0.717) is 5.75 Å². The summed E-state index contributed by atoms with van der Waals surface area (Å²) in [6.45, 7) is 2.29. The Labute approximate surface area is 76.8 Å². The first-order chi connectivity index (χ1) is 6.31. The number of aliphatic hydroxyl groups excluding tert-OH is 1. The molecule has 1 heterocycles. The average molecular weight is 180 g/mol. The van der Waals surface area contributed by atoms with E-state index in [4.69, 9.17) is 9.78 Å². The predicted molar refractivity (Wildman–Crippen MR) is 47.4 cm³/mol. The van der Waals surface area contributed by atoms with Crippen LogP contribution in [0.5, 0.6) is 5.75 Å². The largest absolute Gasteiger partial charge is 0.386 e. The molecule has 0 fully saturated rings. The van der Waals surface area contributed by atoms with Gasteiger partial charge in [0.1, 0.15) is 12.7 Å². The fourth-order valence-electron chi connectivity index (χ4n) is 1.41. The van der Waals surface area contributed by atoms with E-state index < -0.39 is 6.10 Å². The van der Waals surface area contributed by atoms with Crippen LogP contribution in [-0.4, -0.2) is 11.7 Å². The van der Waals surface area contributed by atoms with Crippen LogP contribution in [0.2, 0.25) is 0 Å². The van der Waals surface area contributed by atoms with E-state index in [1.54, 1.807) is 0 Å². The molecule has 1 unspecified atom stereocenters. The first kappa shape index (κ1) is 8.53. The zero-order chi connectivity index (χ0) is 9.26. The Balaban J connectivity index is 2.41. The first-order valence-electron chi connectivity index (χ1n) is 4.41. The molecule has 1 N–H and O–H groups in total. The van der Waals surface area contributed by atoms with E-state index in [0.717, 1.165) is 12.0 Å². The van der Waals surface area contributed by atoms with E-state index in [2.05, 4.69) is 6.92 Å². The molecule has 0 saturated carbocycles. The van der Waals surface area contributed by atoms with Gasteiger partial charge in [-0.05, 0) is 24.1 Å². The molecular formula is C10H12O3. The monoisotopic (exact) mass is 180 g/mol. The molecule has 0 spiro atoms. The van der Waals surface area contributed by atoms with E-state index in [-0.39, 0.29) is 6.61 Å². The molecular weight excluding hydrogens is 168 g/mol. The van der Waals surface area contributed by atoms with Gasteiger partial charge in [0.25, 0.3) is 0 Å². The summed E-state index contributed by atoms with van der Waals surface area (Å²) >= 11 is 0. The summed E-state index contributed by atoms with van der Waals surface area (Å²) in [7, 11) is 0. The standard InChI is InChI=1S/C10H12O3/c1-2-7-3-4-10-8(5-7)9(11)6-12-13-10/h3-5,9,11H,2,6H2,1H3. The lowest BCUT2D eigenvalue weighted by Crippen LogP contribution is -2.17. The maximum atomic E-state index is 9.58. The zero-order valence-electron chi connectivity index (χ0n) is 7.49. The summed E-state index contributed by atoms with van der Waals surface area (Å²) in [5.74, 6) is 0.621. The fourth-order valence-corrected chi connectivity index (χ4v) is 1.41. The highest BCUT2D eigenvalue weighted by atomic mass is 17.2. The van der Waals surface area contributed by atoms with Gasteiger partial charge in [0.2, 0.25) is 0 Å². The molecule has 70 valence electrons. The summed E-state index contributed by atoms with van der Waals surface area (Å²) < 4.78 is 0. The average Bonchev–Trinajstić information content (AvgIpc) is 2.18. The number of aryl methyl sites for hydroxylation is 1. The zero-order valence-corrected chi connectivity index (χ0v) is 7.49. The Morgan fingerprint density at radius 3 is 3.15 bits per heavy atom. The van der Waals surface area contributed by atoms with Gasteiger partial charge < -0.3 is 9.99 Å². The van der Waals surface area contributed by atoms with E-state index in [1.165, 1.54) is 5.56 Å². The van der Waals surface area contributed by atoms with Crippen LogP contribution in [0.4, 0.5) is 0 Å². The Morgan fingerprint density at radius 1 is 1.54 bits per heavy atom. The Kier molecular flexibility index (Phi) is 2.20. The molecule has 1 aromatic carbocycles. The Hall–Kier alpha value is -1.06. The third-order valence-corrected chi connectivity index (χ3v) is 2.22. The molecule has 3 nitrogen and oxygen atoms in total. The van der Waals surface area contributed by atoms with Crippen LogP contribution in [0, 0.1) is 0 Å². The van der Waals surface area contributed by atoms with Gasteiger partial charge in [-0.1, -0.05) is 13.0 Å². The molecule has 0 bridgehead atoms. The molecule has 0 aliphatic carbocycles. The highest BCUT2D eigenvalue weighted by Crippen LogP contribution is 2.30. The van der Waals surface area contributed by atoms with Crippen LogP contribution in [-0.2, 0) is 11.3 Å². The predicted octanol–water partition coefficient (Wildman–Crippen LogP) is 1.61. The van der Waals surface area contributed by atoms with Gasteiger partial charge in [-0.15, -0.1) is 0 Å². The van der Waals surface area contributed by atoms with Crippen LogP contribution >= 0.6 is 0 Å². The van der Waals surface area contributed by atoms with Crippen molar-refractivity contribution >= 4 is 0 Å². The van der Waals surface area contributed by atoms with Gasteiger partial charge in [0, 0.05) is 5.56 Å². The number of hydrogen-bond donors (Lipinski definition) is 1. The normalized spacial score (nSPS) is 20.6. The van der Waals surface area contributed by atoms with E-state index >= 15 is 0 Å². The van der Waals surface area contributed by atoms with Gasteiger partial charge in [0.05, 0.1) is 0 Å². The quantitative estimate of drug-likeness (QED) is 0.667. The summed E-state index contributed by atoms with van der Waals surface area (Å²) in [4.78, 5) is 9.67. The number of aliphatic hydroxyl groups is 1. The van der Waals surface area contributed by atoms with Crippen molar-refractivity contribution in [1.29, 1.82) is 0 Å². The second-order valence-corrected chi connectivity index (χ2v) is 3.11. The molecule has 13 heavy (non-hydrogen) atoms. The Morgan fingerprint density at radius 2 is 2.38 bits per heavy atom. The molecule has 1 atom stereocenters. The van der Waals surface area contributed by atoms with Gasteiger partial charge in [-0.25, -0.2) is 0 Å².